The molecule has 2 heterocycles. The van der Waals surface area contributed by atoms with Gasteiger partial charge in [-0.25, -0.2) is 0 Å². The molecule has 1 amide bonds. The molecule has 2 saturated heterocycles. The van der Waals surface area contributed by atoms with Crippen LogP contribution in [0.2, 0.25) is 0 Å². The Morgan fingerprint density at radius 2 is 2.47 bits per heavy atom. The number of amides is 1. The highest BCUT2D eigenvalue weighted by molar-refractivity contribution is 5.86. The van der Waals surface area contributed by atoms with Gasteiger partial charge in [0.25, 0.3) is 0 Å². The van der Waals surface area contributed by atoms with Crippen LogP contribution in [0.5, 0.6) is 0 Å². The minimum atomic E-state index is -0.343. The first kappa shape index (κ1) is 10.9. The van der Waals surface area contributed by atoms with Gasteiger partial charge in [-0.3, -0.25) is 4.79 Å². The molecule has 2 aliphatic heterocycles. The highest BCUT2D eigenvalue weighted by Crippen LogP contribution is 2.25. The Balaban J connectivity index is 1.96. The molecule has 0 aromatic rings. The molecule has 2 rings (SSSR count). The van der Waals surface area contributed by atoms with E-state index >= 15 is 0 Å². The van der Waals surface area contributed by atoms with Crippen LogP contribution in [-0.4, -0.2) is 47.7 Å². The maximum atomic E-state index is 12.2. The van der Waals surface area contributed by atoms with Gasteiger partial charge < -0.3 is 15.3 Å². The van der Waals surface area contributed by atoms with Gasteiger partial charge >= 0.3 is 0 Å². The lowest BCUT2D eigenvalue weighted by molar-refractivity contribution is -0.136. The molecule has 4 heteroatoms. The second-order valence-corrected chi connectivity index (χ2v) is 4.95. The monoisotopic (exact) mass is 212 g/mol. The quantitative estimate of drug-likeness (QED) is 0.676. The molecular formula is C11H20N2O2. The van der Waals surface area contributed by atoms with Crippen molar-refractivity contribution < 1.29 is 9.90 Å². The van der Waals surface area contributed by atoms with Crippen molar-refractivity contribution >= 4 is 5.91 Å². The van der Waals surface area contributed by atoms with Gasteiger partial charge in [-0.1, -0.05) is 0 Å². The number of nitrogens with zero attached hydrogens (tertiary/aromatic N) is 1. The van der Waals surface area contributed by atoms with E-state index in [0.29, 0.717) is 5.92 Å². The largest absolute Gasteiger partial charge is 0.396 e. The summed E-state index contributed by atoms with van der Waals surface area (Å²) < 4.78 is 0. The number of nitrogens with one attached hydrogen (secondary N) is 1. The predicted octanol–water partition coefficient (Wildman–Crippen LogP) is -0.0307. The lowest BCUT2D eigenvalue weighted by Crippen LogP contribution is -2.52. The second kappa shape index (κ2) is 4.10. The van der Waals surface area contributed by atoms with E-state index in [1.807, 2.05) is 11.8 Å². The average Bonchev–Trinajstić information content (AvgIpc) is 2.85. The zero-order valence-corrected chi connectivity index (χ0v) is 9.33. The second-order valence-electron chi connectivity index (χ2n) is 4.95. The standard InChI is InChI=1S/C11H20N2O2/c1-11(4-2-5-12-11)10(15)13-6-3-9(7-13)8-14/h9,12,14H,2-8H2,1H3. The summed E-state index contributed by atoms with van der Waals surface area (Å²) >= 11 is 0. The van der Waals surface area contributed by atoms with Gasteiger partial charge in [-0.2, -0.15) is 0 Å². The Morgan fingerprint density at radius 1 is 1.67 bits per heavy atom. The molecule has 0 aromatic heterocycles. The van der Waals surface area contributed by atoms with Crippen LogP contribution < -0.4 is 5.32 Å². The van der Waals surface area contributed by atoms with Crippen molar-refractivity contribution in [3.8, 4) is 0 Å². The van der Waals surface area contributed by atoms with Crippen molar-refractivity contribution in [1.29, 1.82) is 0 Å². The third-order valence-corrected chi connectivity index (χ3v) is 3.67. The predicted molar refractivity (Wildman–Crippen MR) is 57.4 cm³/mol. The maximum Gasteiger partial charge on any atom is 0.242 e. The van der Waals surface area contributed by atoms with Crippen LogP contribution >= 0.6 is 0 Å². The summed E-state index contributed by atoms with van der Waals surface area (Å²) in [7, 11) is 0. The highest BCUT2D eigenvalue weighted by Gasteiger charge is 2.40. The van der Waals surface area contributed by atoms with Crippen molar-refractivity contribution in [3.63, 3.8) is 0 Å². The summed E-state index contributed by atoms with van der Waals surface area (Å²) in [6.07, 6.45) is 2.96. The van der Waals surface area contributed by atoms with Gasteiger partial charge in [0.15, 0.2) is 0 Å². The Hall–Kier alpha value is -0.610. The fraction of sp³-hybridized carbons (Fsp3) is 0.909. The normalized spacial score (nSPS) is 36.1. The van der Waals surface area contributed by atoms with E-state index < -0.39 is 0 Å². The van der Waals surface area contributed by atoms with Crippen molar-refractivity contribution in [2.75, 3.05) is 26.2 Å². The summed E-state index contributed by atoms with van der Waals surface area (Å²) in [6.45, 7) is 4.68. The van der Waals surface area contributed by atoms with E-state index in [1.165, 1.54) is 0 Å². The van der Waals surface area contributed by atoms with E-state index in [1.54, 1.807) is 0 Å². The zero-order chi connectivity index (χ0) is 10.9. The first-order valence-electron chi connectivity index (χ1n) is 5.81. The van der Waals surface area contributed by atoms with Gasteiger partial charge in [-0.05, 0) is 32.7 Å². The Kier molecular flexibility index (Phi) is 2.98. The van der Waals surface area contributed by atoms with Crippen LogP contribution in [0.4, 0.5) is 0 Å². The molecule has 2 atom stereocenters. The molecule has 4 nitrogen and oxygen atoms in total. The number of aliphatic hydroxyl groups excluding tert-OH is 1. The summed E-state index contributed by atoms with van der Waals surface area (Å²) in [5.74, 6) is 0.509. The third kappa shape index (κ3) is 2.01. The van der Waals surface area contributed by atoms with Crippen molar-refractivity contribution in [2.24, 2.45) is 5.92 Å². The molecule has 2 aliphatic rings. The zero-order valence-electron chi connectivity index (χ0n) is 9.33. The third-order valence-electron chi connectivity index (χ3n) is 3.67. The van der Waals surface area contributed by atoms with E-state index in [-0.39, 0.29) is 18.1 Å². The molecule has 0 aromatic carbocycles. The SMILES string of the molecule is CC1(C(=O)N2CCC(CO)C2)CCCN1. The lowest BCUT2D eigenvalue weighted by atomic mass is 9.98. The first-order chi connectivity index (χ1) is 7.15. The van der Waals surface area contributed by atoms with E-state index in [9.17, 15) is 4.79 Å². The molecule has 0 bridgehead atoms. The number of rotatable bonds is 2. The van der Waals surface area contributed by atoms with Gasteiger partial charge in [0, 0.05) is 25.6 Å². The fourth-order valence-electron chi connectivity index (χ4n) is 2.59. The average molecular weight is 212 g/mol. The molecule has 86 valence electrons. The van der Waals surface area contributed by atoms with E-state index in [0.717, 1.165) is 38.9 Å². The molecule has 15 heavy (non-hydrogen) atoms. The number of likely N-dealkylation sites (tertiary alicyclic amines) is 1. The molecule has 0 radical (unpaired) electrons. The van der Waals surface area contributed by atoms with Gasteiger partial charge in [0.2, 0.25) is 5.91 Å². The van der Waals surface area contributed by atoms with Gasteiger partial charge in [0.1, 0.15) is 0 Å². The Bertz CT molecular complexity index is 249. The minimum Gasteiger partial charge on any atom is -0.396 e. The van der Waals surface area contributed by atoms with Crippen LogP contribution in [0.1, 0.15) is 26.2 Å². The number of carbonyl (C=O) groups is 1. The number of aliphatic hydroxyl groups is 1. The van der Waals surface area contributed by atoms with Crippen molar-refractivity contribution in [1.82, 2.24) is 10.2 Å². The molecular weight excluding hydrogens is 192 g/mol. The van der Waals surface area contributed by atoms with Gasteiger partial charge in [0.05, 0.1) is 5.54 Å². The molecule has 0 aliphatic carbocycles. The first-order valence-corrected chi connectivity index (χ1v) is 5.81. The number of hydrogen-bond donors (Lipinski definition) is 2. The molecule has 2 N–H and O–H groups in total. The number of hydrogen-bond acceptors (Lipinski definition) is 3. The van der Waals surface area contributed by atoms with Crippen molar-refractivity contribution in [3.05, 3.63) is 0 Å². The van der Waals surface area contributed by atoms with Gasteiger partial charge in [-0.15, -0.1) is 0 Å². The summed E-state index contributed by atoms with van der Waals surface area (Å²) in [4.78, 5) is 14.1. The highest BCUT2D eigenvalue weighted by atomic mass is 16.3. The molecule has 0 saturated carbocycles. The van der Waals surface area contributed by atoms with Crippen molar-refractivity contribution in [2.45, 2.75) is 31.7 Å². The van der Waals surface area contributed by atoms with E-state index in [4.69, 9.17) is 5.11 Å². The van der Waals surface area contributed by atoms with Crippen LogP contribution in [-0.2, 0) is 4.79 Å². The van der Waals surface area contributed by atoms with Crippen LogP contribution in [0.15, 0.2) is 0 Å². The maximum absolute atomic E-state index is 12.2. The Morgan fingerprint density at radius 3 is 3.00 bits per heavy atom. The summed E-state index contributed by atoms with van der Waals surface area (Å²) in [6, 6.07) is 0. The summed E-state index contributed by atoms with van der Waals surface area (Å²) in [5, 5.41) is 12.3. The topological polar surface area (TPSA) is 52.6 Å². The molecule has 2 unspecified atom stereocenters. The van der Waals surface area contributed by atoms with Crippen LogP contribution in [0.3, 0.4) is 0 Å². The molecule has 2 fully saturated rings. The van der Waals surface area contributed by atoms with Crippen LogP contribution in [0.25, 0.3) is 0 Å². The minimum absolute atomic E-state index is 0.202. The number of carbonyl (C=O) groups excluding carboxylic acids is 1. The Labute approximate surface area is 90.6 Å². The van der Waals surface area contributed by atoms with E-state index in [2.05, 4.69) is 5.32 Å². The fourth-order valence-corrected chi connectivity index (χ4v) is 2.59. The lowest BCUT2D eigenvalue weighted by Gasteiger charge is -2.29. The smallest absolute Gasteiger partial charge is 0.242 e. The summed E-state index contributed by atoms with van der Waals surface area (Å²) in [5.41, 5.74) is -0.343. The van der Waals surface area contributed by atoms with Crippen LogP contribution in [0, 0.1) is 5.92 Å². The molecule has 0 spiro atoms.